The molecule has 0 spiro atoms. The molecule has 10 heteroatoms. The molecule has 5 rings (SSSR count). The monoisotopic (exact) mass is 497 g/mol. The predicted molar refractivity (Wildman–Crippen MR) is 134 cm³/mol. The van der Waals surface area contributed by atoms with E-state index in [4.69, 9.17) is 9.88 Å². The quantitative estimate of drug-likeness (QED) is 0.365. The Hall–Kier alpha value is -2.72. The first kappa shape index (κ1) is 24.0. The summed E-state index contributed by atoms with van der Waals surface area (Å²) in [6, 6.07) is 5.42. The van der Waals surface area contributed by atoms with Crippen LogP contribution >= 0.6 is 11.9 Å². The van der Waals surface area contributed by atoms with Crippen LogP contribution in [0.1, 0.15) is 82.5 Å². The lowest BCUT2D eigenvalue weighted by Crippen LogP contribution is -2.22. The van der Waals surface area contributed by atoms with Crippen molar-refractivity contribution in [1.82, 2.24) is 24.7 Å². The molecular formula is C25H32FN7OS. The normalized spacial score (nSPS) is 21.6. The number of aromatic nitrogens is 5. The van der Waals surface area contributed by atoms with Gasteiger partial charge in [-0.3, -0.25) is 9.71 Å². The third-order valence-corrected chi connectivity index (χ3v) is 7.87. The second kappa shape index (κ2) is 9.73. The maximum absolute atomic E-state index is 14.2. The van der Waals surface area contributed by atoms with Crippen molar-refractivity contribution in [2.45, 2.75) is 87.7 Å². The zero-order chi connectivity index (χ0) is 24.6. The molecule has 1 aromatic carbocycles. The molecule has 0 bridgehead atoms. The fourth-order valence-electron chi connectivity index (χ4n) is 4.67. The summed E-state index contributed by atoms with van der Waals surface area (Å²) in [5.74, 6) is 1.65. The fourth-order valence-corrected chi connectivity index (χ4v) is 4.99. The number of rotatable bonds is 9. The zero-order valence-electron chi connectivity index (χ0n) is 20.4. The van der Waals surface area contributed by atoms with Gasteiger partial charge in [-0.2, -0.15) is 0 Å². The molecule has 2 aliphatic rings. The Morgan fingerprint density at radius 1 is 1.26 bits per heavy atom. The summed E-state index contributed by atoms with van der Waals surface area (Å²) in [4.78, 5) is 9.48. The van der Waals surface area contributed by atoms with Crippen molar-refractivity contribution in [3.05, 3.63) is 47.8 Å². The molecule has 3 N–H and O–H groups in total. The average Bonchev–Trinajstić information content (AvgIpc) is 3.25. The highest BCUT2D eigenvalue weighted by Crippen LogP contribution is 2.47. The van der Waals surface area contributed by atoms with Gasteiger partial charge in [0.15, 0.2) is 0 Å². The number of nitrogens with one attached hydrogen (secondary N) is 1. The molecule has 8 nitrogen and oxygen atoms in total. The summed E-state index contributed by atoms with van der Waals surface area (Å²) in [6.07, 6.45) is 9.84. The molecule has 35 heavy (non-hydrogen) atoms. The molecule has 0 saturated heterocycles. The van der Waals surface area contributed by atoms with Crippen LogP contribution in [0.3, 0.4) is 0 Å². The van der Waals surface area contributed by atoms with Gasteiger partial charge in [0, 0.05) is 28.7 Å². The molecule has 2 aromatic heterocycles. The predicted octanol–water partition coefficient (Wildman–Crippen LogP) is 5.65. The Labute approximate surface area is 209 Å². The molecule has 186 valence electrons. The number of benzene rings is 1. The van der Waals surface area contributed by atoms with Crippen molar-refractivity contribution in [2.24, 2.45) is 5.14 Å². The third kappa shape index (κ3) is 4.99. The molecule has 3 unspecified atom stereocenters. The van der Waals surface area contributed by atoms with E-state index in [1.54, 1.807) is 12.1 Å². The van der Waals surface area contributed by atoms with Gasteiger partial charge in [0.25, 0.3) is 0 Å². The lowest BCUT2D eigenvalue weighted by Gasteiger charge is -2.21. The minimum absolute atomic E-state index is 0.0786. The molecule has 2 aliphatic carbocycles. The molecule has 0 amide bonds. The van der Waals surface area contributed by atoms with E-state index in [2.05, 4.69) is 50.8 Å². The molecule has 3 atom stereocenters. The SMILES string of the molecule is CCC(C)c1nnc(OC2CCC(c3cnc(Nc4ccc(SN)cc4F)nc3)C2)n1C1(C)CC1. The van der Waals surface area contributed by atoms with Crippen LogP contribution in [0.5, 0.6) is 6.01 Å². The summed E-state index contributed by atoms with van der Waals surface area (Å²) in [7, 11) is 0. The molecule has 3 aromatic rings. The summed E-state index contributed by atoms with van der Waals surface area (Å²) in [5.41, 5.74) is 1.46. The number of anilines is 2. The van der Waals surface area contributed by atoms with Crippen LogP contribution < -0.4 is 15.2 Å². The highest BCUT2D eigenvalue weighted by molar-refractivity contribution is 7.97. The van der Waals surface area contributed by atoms with Crippen LogP contribution in [0.2, 0.25) is 0 Å². The Balaban J connectivity index is 1.23. The molecule has 2 saturated carbocycles. The lowest BCUT2D eigenvalue weighted by atomic mass is 10.0. The first-order chi connectivity index (χ1) is 16.9. The topological polar surface area (TPSA) is 104 Å². The molecule has 2 heterocycles. The van der Waals surface area contributed by atoms with E-state index in [9.17, 15) is 4.39 Å². The number of halogens is 1. The van der Waals surface area contributed by atoms with E-state index in [1.807, 2.05) is 12.4 Å². The third-order valence-electron chi connectivity index (χ3n) is 7.35. The maximum atomic E-state index is 14.2. The Bertz CT molecular complexity index is 1180. The minimum Gasteiger partial charge on any atom is -0.460 e. The molecule has 0 radical (unpaired) electrons. The molecule has 2 fully saturated rings. The van der Waals surface area contributed by atoms with Crippen molar-refractivity contribution >= 4 is 23.6 Å². The van der Waals surface area contributed by atoms with Gasteiger partial charge in [-0.25, -0.2) is 14.4 Å². The largest absolute Gasteiger partial charge is 0.460 e. The van der Waals surface area contributed by atoms with E-state index in [-0.39, 0.29) is 11.6 Å². The van der Waals surface area contributed by atoms with Crippen LogP contribution in [0, 0.1) is 5.82 Å². The molecular weight excluding hydrogens is 465 g/mol. The van der Waals surface area contributed by atoms with Gasteiger partial charge < -0.3 is 10.1 Å². The Morgan fingerprint density at radius 3 is 2.69 bits per heavy atom. The van der Waals surface area contributed by atoms with E-state index in [1.165, 1.54) is 6.07 Å². The van der Waals surface area contributed by atoms with Gasteiger partial charge in [-0.05, 0) is 87.1 Å². The van der Waals surface area contributed by atoms with Crippen LogP contribution in [-0.4, -0.2) is 30.8 Å². The standard InChI is InChI=1S/C25H32FN7OS/c1-4-15(2)22-31-32-24(33(22)25(3)9-10-25)34-18-6-5-16(11-18)17-13-28-23(29-14-17)30-21-8-7-19(35-27)12-20(21)26/h7-8,12-16,18H,4-6,9-11,27H2,1-3H3,(H,28,29,30). The van der Waals surface area contributed by atoms with Crippen molar-refractivity contribution < 1.29 is 9.13 Å². The summed E-state index contributed by atoms with van der Waals surface area (Å²) in [6.45, 7) is 6.64. The van der Waals surface area contributed by atoms with Gasteiger partial charge in [-0.1, -0.05) is 18.9 Å². The van der Waals surface area contributed by atoms with Crippen LogP contribution in [-0.2, 0) is 5.54 Å². The van der Waals surface area contributed by atoms with Crippen molar-refractivity contribution in [1.29, 1.82) is 0 Å². The van der Waals surface area contributed by atoms with Gasteiger partial charge in [0.05, 0.1) is 5.69 Å². The van der Waals surface area contributed by atoms with Crippen molar-refractivity contribution in [3.8, 4) is 6.01 Å². The van der Waals surface area contributed by atoms with Gasteiger partial charge in [0.1, 0.15) is 17.7 Å². The summed E-state index contributed by atoms with van der Waals surface area (Å²) < 4.78 is 22.9. The van der Waals surface area contributed by atoms with E-state index in [0.29, 0.717) is 34.4 Å². The van der Waals surface area contributed by atoms with Crippen LogP contribution in [0.15, 0.2) is 35.5 Å². The first-order valence-corrected chi connectivity index (χ1v) is 13.2. The maximum Gasteiger partial charge on any atom is 0.317 e. The van der Waals surface area contributed by atoms with E-state index in [0.717, 1.165) is 61.9 Å². The lowest BCUT2D eigenvalue weighted by molar-refractivity contribution is 0.174. The summed E-state index contributed by atoms with van der Waals surface area (Å²) in [5, 5.41) is 17.4. The zero-order valence-corrected chi connectivity index (χ0v) is 21.2. The Kier molecular flexibility index (Phi) is 6.67. The number of nitrogens with two attached hydrogens (primary N) is 1. The number of hydrogen-bond acceptors (Lipinski definition) is 8. The first-order valence-electron chi connectivity index (χ1n) is 12.3. The van der Waals surface area contributed by atoms with E-state index < -0.39 is 5.82 Å². The summed E-state index contributed by atoms with van der Waals surface area (Å²) >= 11 is 1.00. The van der Waals surface area contributed by atoms with Gasteiger partial charge in [0.2, 0.25) is 5.95 Å². The number of ether oxygens (including phenoxy) is 1. The van der Waals surface area contributed by atoms with Crippen molar-refractivity contribution in [2.75, 3.05) is 5.32 Å². The highest BCUT2D eigenvalue weighted by atomic mass is 32.2. The van der Waals surface area contributed by atoms with Crippen molar-refractivity contribution in [3.63, 3.8) is 0 Å². The second-order valence-corrected chi connectivity index (χ2v) is 10.7. The number of nitrogens with zero attached hydrogens (tertiary/aromatic N) is 5. The van der Waals surface area contributed by atoms with Gasteiger partial charge in [-0.15, -0.1) is 5.10 Å². The van der Waals surface area contributed by atoms with Crippen LogP contribution in [0.25, 0.3) is 0 Å². The fraction of sp³-hybridized carbons (Fsp3) is 0.520. The van der Waals surface area contributed by atoms with Crippen LogP contribution in [0.4, 0.5) is 16.0 Å². The molecule has 0 aliphatic heterocycles. The smallest absolute Gasteiger partial charge is 0.317 e. The highest BCUT2D eigenvalue weighted by Gasteiger charge is 2.44. The second-order valence-electron chi connectivity index (χ2n) is 9.96. The Morgan fingerprint density at radius 2 is 2.03 bits per heavy atom. The van der Waals surface area contributed by atoms with E-state index >= 15 is 0 Å². The minimum atomic E-state index is -0.395. The average molecular weight is 498 g/mol. The number of hydrogen-bond donors (Lipinski definition) is 2. The van der Waals surface area contributed by atoms with Gasteiger partial charge >= 0.3 is 6.01 Å².